The highest BCUT2D eigenvalue weighted by atomic mass is 28.4. The second-order valence-electron chi connectivity index (χ2n) is 4.04. The Kier molecular flexibility index (Phi) is 8.51. The molecular formula is C10H27NO6Si2. The molecule has 0 aromatic carbocycles. The van der Waals surface area contributed by atoms with Gasteiger partial charge in [-0.05, 0) is 13.8 Å². The van der Waals surface area contributed by atoms with E-state index in [9.17, 15) is 0 Å². The van der Waals surface area contributed by atoms with Crippen LogP contribution in [-0.2, 0) is 26.6 Å². The third-order valence-electron chi connectivity index (χ3n) is 3.27. The van der Waals surface area contributed by atoms with Crippen molar-refractivity contribution in [2.75, 3.05) is 42.7 Å². The van der Waals surface area contributed by atoms with Crippen molar-refractivity contribution < 1.29 is 26.6 Å². The third kappa shape index (κ3) is 4.06. The molecule has 7 nitrogen and oxygen atoms in total. The van der Waals surface area contributed by atoms with Crippen LogP contribution >= 0.6 is 0 Å². The second-order valence-corrected chi connectivity index (χ2v) is 10.6. The highest BCUT2D eigenvalue weighted by molar-refractivity contribution is 6.64. The maximum Gasteiger partial charge on any atom is 0.517 e. The van der Waals surface area contributed by atoms with Crippen molar-refractivity contribution in [2.24, 2.45) is 0 Å². The molecule has 0 heterocycles. The molecule has 2 unspecified atom stereocenters. The van der Waals surface area contributed by atoms with Crippen molar-refractivity contribution in [1.82, 2.24) is 5.32 Å². The van der Waals surface area contributed by atoms with E-state index in [0.717, 1.165) is 0 Å². The average Bonchev–Trinajstić information content (AvgIpc) is 2.44. The molecule has 0 aliphatic heterocycles. The molecule has 0 amide bonds. The monoisotopic (exact) mass is 313 g/mol. The highest BCUT2D eigenvalue weighted by Crippen LogP contribution is 2.16. The minimum Gasteiger partial charge on any atom is -0.376 e. The molecule has 116 valence electrons. The first-order valence-corrected chi connectivity index (χ1v) is 9.59. The van der Waals surface area contributed by atoms with Gasteiger partial charge in [0, 0.05) is 42.7 Å². The first-order chi connectivity index (χ1) is 8.91. The molecule has 0 rings (SSSR count). The lowest BCUT2D eigenvalue weighted by atomic mass is 10.6. The Labute approximate surface area is 118 Å². The van der Waals surface area contributed by atoms with E-state index in [2.05, 4.69) is 5.32 Å². The van der Waals surface area contributed by atoms with Crippen molar-refractivity contribution in [3.05, 3.63) is 0 Å². The van der Waals surface area contributed by atoms with Gasteiger partial charge in [0.25, 0.3) is 0 Å². The summed E-state index contributed by atoms with van der Waals surface area (Å²) >= 11 is 0. The van der Waals surface area contributed by atoms with Crippen LogP contribution in [0.1, 0.15) is 13.8 Å². The van der Waals surface area contributed by atoms with Gasteiger partial charge in [-0.1, -0.05) is 0 Å². The Balaban J connectivity index is 4.92. The molecule has 0 aliphatic rings. The first-order valence-electron chi connectivity index (χ1n) is 5.98. The Bertz CT molecular complexity index is 210. The summed E-state index contributed by atoms with van der Waals surface area (Å²) in [6.07, 6.45) is 0. The zero-order chi connectivity index (χ0) is 15.1. The summed E-state index contributed by atoms with van der Waals surface area (Å²) in [5.41, 5.74) is -0.260. The predicted molar refractivity (Wildman–Crippen MR) is 75.6 cm³/mol. The van der Waals surface area contributed by atoms with Gasteiger partial charge in [-0.25, -0.2) is 0 Å². The van der Waals surface area contributed by atoms with Crippen LogP contribution in [0.2, 0.25) is 0 Å². The molecule has 1 N–H and O–H groups in total. The van der Waals surface area contributed by atoms with E-state index in [1.165, 1.54) is 0 Å². The van der Waals surface area contributed by atoms with Gasteiger partial charge in [0.2, 0.25) is 0 Å². The van der Waals surface area contributed by atoms with E-state index in [1.807, 2.05) is 13.8 Å². The summed E-state index contributed by atoms with van der Waals surface area (Å²) in [6.45, 7) is 3.89. The SMILES string of the molecule is CO[Si](OC)(OC)C(C)NC(C)[Si](OC)(OC)OC. The summed E-state index contributed by atoms with van der Waals surface area (Å²) < 4.78 is 32.6. The zero-order valence-electron chi connectivity index (χ0n) is 13.1. The summed E-state index contributed by atoms with van der Waals surface area (Å²) in [5, 5.41) is 3.34. The van der Waals surface area contributed by atoms with E-state index in [4.69, 9.17) is 26.6 Å². The molecule has 0 fully saturated rings. The van der Waals surface area contributed by atoms with Gasteiger partial charge in [-0.3, -0.25) is 0 Å². The Morgan fingerprint density at radius 2 is 0.789 bits per heavy atom. The van der Waals surface area contributed by atoms with E-state index >= 15 is 0 Å². The van der Waals surface area contributed by atoms with Crippen LogP contribution in [0.25, 0.3) is 0 Å². The first kappa shape index (κ1) is 19.2. The van der Waals surface area contributed by atoms with Crippen molar-refractivity contribution in [1.29, 1.82) is 0 Å². The fourth-order valence-electron chi connectivity index (χ4n) is 2.14. The van der Waals surface area contributed by atoms with Gasteiger partial charge in [0.1, 0.15) is 0 Å². The largest absolute Gasteiger partial charge is 0.517 e. The van der Waals surface area contributed by atoms with E-state index < -0.39 is 17.6 Å². The van der Waals surface area contributed by atoms with Gasteiger partial charge in [0.05, 0.1) is 11.3 Å². The van der Waals surface area contributed by atoms with Crippen LogP contribution in [0, 0.1) is 0 Å². The molecular weight excluding hydrogens is 286 g/mol. The standard InChI is InChI=1S/C10H27NO6Si2/c1-9(18(12-3,13-4)14-5)11-10(2)19(15-6,16-7)17-8/h9-11H,1-8H3. The van der Waals surface area contributed by atoms with Gasteiger partial charge in [0.15, 0.2) is 0 Å². The molecule has 0 spiro atoms. The van der Waals surface area contributed by atoms with Crippen LogP contribution in [0.3, 0.4) is 0 Å². The summed E-state index contributed by atoms with van der Waals surface area (Å²) in [6, 6.07) is 0. The fraction of sp³-hybridized carbons (Fsp3) is 1.00. The number of nitrogens with one attached hydrogen (secondary N) is 1. The molecule has 9 heteroatoms. The van der Waals surface area contributed by atoms with Gasteiger partial charge >= 0.3 is 17.6 Å². The molecule has 0 radical (unpaired) electrons. The number of hydrogen-bond acceptors (Lipinski definition) is 7. The van der Waals surface area contributed by atoms with Gasteiger partial charge in [-0.15, -0.1) is 0 Å². The highest BCUT2D eigenvalue weighted by Gasteiger charge is 2.51. The van der Waals surface area contributed by atoms with Crippen LogP contribution in [0.4, 0.5) is 0 Å². The summed E-state index contributed by atoms with van der Waals surface area (Å²) in [4.78, 5) is 0. The Hall–Kier alpha value is 0.154. The van der Waals surface area contributed by atoms with E-state index in [-0.39, 0.29) is 11.3 Å². The normalized spacial score (nSPS) is 16.4. The van der Waals surface area contributed by atoms with Crippen LogP contribution in [-0.4, -0.2) is 71.6 Å². The molecule has 19 heavy (non-hydrogen) atoms. The lowest BCUT2D eigenvalue weighted by Gasteiger charge is -2.36. The maximum absolute atomic E-state index is 5.44. The molecule has 0 saturated carbocycles. The van der Waals surface area contributed by atoms with E-state index in [0.29, 0.717) is 0 Å². The smallest absolute Gasteiger partial charge is 0.376 e. The quantitative estimate of drug-likeness (QED) is 0.577. The average molecular weight is 313 g/mol. The molecule has 0 aromatic heterocycles. The number of rotatable bonds is 10. The molecule has 2 atom stereocenters. The van der Waals surface area contributed by atoms with Gasteiger partial charge in [-0.2, -0.15) is 0 Å². The predicted octanol–water partition coefficient (Wildman–Crippen LogP) is 0.188. The molecule has 0 aliphatic carbocycles. The van der Waals surface area contributed by atoms with Crippen molar-refractivity contribution >= 4 is 17.6 Å². The third-order valence-corrected chi connectivity index (χ3v) is 9.14. The van der Waals surface area contributed by atoms with E-state index in [1.54, 1.807) is 42.7 Å². The van der Waals surface area contributed by atoms with Crippen LogP contribution in [0.15, 0.2) is 0 Å². The summed E-state index contributed by atoms with van der Waals surface area (Å²) in [5.74, 6) is 0. The lowest BCUT2D eigenvalue weighted by molar-refractivity contribution is 0.0944. The second kappa shape index (κ2) is 8.44. The molecule has 0 aromatic rings. The van der Waals surface area contributed by atoms with Gasteiger partial charge < -0.3 is 31.9 Å². The fourth-order valence-corrected chi connectivity index (χ4v) is 6.34. The van der Waals surface area contributed by atoms with Crippen LogP contribution < -0.4 is 5.32 Å². The topological polar surface area (TPSA) is 67.4 Å². The zero-order valence-corrected chi connectivity index (χ0v) is 15.1. The van der Waals surface area contributed by atoms with Crippen LogP contribution in [0.5, 0.6) is 0 Å². The summed E-state index contributed by atoms with van der Waals surface area (Å²) in [7, 11) is 3.96. The maximum atomic E-state index is 5.44. The van der Waals surface area contributed by atoms with Crippen molar-refractivity contribution in [3.63, 3.8) is 0 Å². The minimum absolute atomic E-state index is 0.130. The molecule has 0 saturated heterocycles. The minimum atomic E-state index is -2.76. The van der Waals surface area contributed by atoms with Crippen molar-refractivity contribution in [2.45, 2.75) is 25.2 Å². The number of hydrogen-bond donors (Lipinski definition) is 1. The lowest BCUT2D eigenvalue weighted by Crippen LogP contribution is -2.67. The Morgan fingerprint density at radius 1 is 0.579 bits per heavy atom. The Morgan fingerprint density at radius 3 is 0.947 bits per heavy atom. The van der Waals surface area contributed by atoms with Crippen molar-refractivity contribution in [3.8, 4) is 0 Å². The molecule has 0 bridgehead atoms.